The summed E-state index contributed by atoms with van der Waals surface area (Å²) in [5.74, 6) is -1.94. The van der Waals surface area contributed by atoms with E-state index in [9.17, 15) is 14.4 Å². The first kappa shape index (κ1) is 13.7. The van der Waals surface area contributed by atoms with Crippen LogP contribution in [0, 0.1) is 0 Å². The van der Waals surface area contributed by atoms with Gasteiger partial charge in [0.2, 0.25) is 11.8 Å². The van der Waals surface area contributed by atoms with Crippen molar-refractivity contribution < 1.29 is 19.5 Å². The van der Waals surface area contributed by atoms with Gasteiger partial charge in [-0.3, -0.25) is 14.4 Å². The molecule has 0 atom stereocenters. The summed E-state index contributed by atoms with van der Waals surface area (Å²) in [6, 6.07) is 9.11. The van der Waals surface area contributed by atoms with Crippen LogP contribution in [0.15, 0.2) is 30.3 Å². The summed E-state index contributed by atoms with van der Waals surface area (Å²) in [6.07, 6.45) is 0.188. The van der Waals surface area contributed by atoms with Gasteiger partial charge in [-0.2, -0.15) is 0 Å². The number of carbonyl (C=O) groups excluding carboxylic acids is 2. The Kier molecular flexibility index (Phi) is 5.37. The summed E-state index contributed by atoms with van der Waals surface area (Å²) < 4.78 is 0. The van der Waals surface area contributed by atoms with Gasteiger partial charge in [0.15, 0.2) is 0 Å². The molecule has 1 aromatic carbocycles. The Hall–Kier alpha value is -2.37. The molecule has 96 valence electrons. The van der Waals surface area contributed by atoms with Crippen LogP contribution in [-0.2, 0) is 20.8 Å². The van der Waals surface area contributed by atoms with Crippen LogP contribution in [0.25, 0.3) is 0 Å². The molecule has 3 N–H and O–H groups in total. The van der Waals surface area contributed by atoms with Gasteiger partial charge in [-0.1, -0.05) is 30.3 Å². The van der Waals surface area contributed by atoms with E-state index in [2.05, 4.69) is 10.6 Å². The van der Waals surface area contributed by atoms with Gasteiger partial charge >= 0.3 is 5.97 Å². The molecule has 6 heteroatoms. The minimum absolute atomic E-state index is 0.188. The molecule has 1 rings (SSSR count). The minimum atomic E-state index is -1.13. The number of hydrogen-bond acceptors (Lipinski definition) is 3. The summed E-state index contributed by atoms with van der Waals surface area (Å²) in [5.41, 5.74) is 0.848. The first-order valence-corrected chi connectivity index (χ1v) is 5.37. The Morgan fingerprint density at radius 1 is 0.944 bits per heavy atom. The maximum Gasteiger partial charge on any atom is 0.322 e. The smallest absolute Gasteiger partial charge is 0.322 e. The fourth-order valence-electron chi connectivity index (χ4n) is 1.26. The van der Waals surface area contributed by atoms with E-state index in [-0.39, 0.29) is 18.9 Å². The lowest BCUT2D eigenvalue weighted by atomic mass is 10.1. The molecule has 1 aromatic rings. The normalized spacial score (nSPS) is 9.56. The van der Waals surface area contributed by atoms with Crippen molar-refractivity contribution in [2.24, 2.45) is 0 Å². The largest absolute Gasteiger partial charge is 0.480 e. The molecular weight excluding hydrogens is 236 g/mol. The van der Waals surface area contributed by atoms with Gasteiger partial charge in [0, 0.05) is 0 Å². The number of carboxylic acid groups (broad SMARTS) is 1. The van der Waals surface area contributed by atoms with Crippen LogP contribution >= 0.6 is 0 Å². The molecule has 18 heavy (non-hydrogen) atoms. The van der Waals surface area contributed by atoms with E-state index < -0.39 is 18.4 Å². The van der Waals surface area contributed by atoms with Crippen LogP contribution in [-0.4, -0.2) is 36.0 Å². The zero-order chi connectivity index (χ0) is 13.4. The Morgan fingerprint density at radius 3 is 2.17 bits per heavy atom. The molecule has 0 unspecified atom stereocenters. The lowest BCUT2D eigenvalue weighted by Crippen LogP contribution is -2.39. The van der Waals surface area contributed by atoms with Crippen molar-refractivity contribution in [1.82, 2.24) is 10.6 Å². The van der Waals surface area contributed by atoms with E-state index >= 15 is 0 Å². The highest BCUT2D eigenvalue weighted by Gasteiger charge is 2.07. The third-order valence-corrected chi connectivity index (χ3v) is 2.09. The van der Waals surface area contributed by atoms with Gasteiger partial charge in [0.05, 0.1) is 13.0 Å². The van der Waals surface area contributed by atoms with Crippen LogP contribution < -0.4 is 10.6 Å². The van der Waals surface area contributed by atoms with Crippen molar-refractivity contribution in [2.75, 3.05) is 13.1 Å². The standard InChI is InChI=1S/C12H14N2O4/c15-10(6-9-4-2-1-3-5-9)13-7-11(16)14-8-12(17)18/h1-5H,6-8H2,(H,13,15)(H,14,16)(H,17,18). The van der Waals surface area contributed by atoms with Crippen LogP contribution in [0.1, 0.15) is 5.56 Å². The summed E-state index contributed by atoms with van der Waals surface area (Å²) in [5, 5.41) is 12.9. The lowest BCUT2D eigenvalue weighted by Gasteiger charge is -2.05. The average molecular weight is 250 g/mol. The Morgan fingerprint density at radius 2 is 1.56 bits per heavy atom. The molecule has 0 aliphatic heterocycles. The van der Waals surface area contributed by atoms with Crippen molar-refractivity contribution >= 4 is 17.8 Å². The highest BCUT2D eigenvalue weighted by atomic mass is 16.4. The summed E-state index contributed by atoms with van der Waals surface area (Å²) in [7, 11) is 0. The summed E-state index contributed by atoms with van der Waals surface area (Å²) in [6.45, 7) is -0.674. The molecule has 2 amide bonds. The van der Waals surface area contributed by atoms with Crippen LogP contribution in [0.4, 0.5) is 0 Å². The van der Waals surface area contributed by atoms with Gasteiger partial charge in [0.25, 0.3) is 0 Å². The van der Waals surface area contributed by atoms with Gasteiger partial charge < -0.3 is 15.7 Å². The molecule has 0 radical (unpaired) electrons. The van der Waals surface area contributed by atoms with Crippen molar-refractivity contribution in [3.8, 4) is 0 Å². The molecule has 0 saturated heterocycles. The molecule has 0 aromatic heterocycles. The first-order valence-electron chi connectivity index (χ1n) is 5.37. The molecule has 6 nitrogen and oxygen atoms in total. The number of carbonyl (C=O) groups is 3. The van der Waals surface area contributed by atoms with Crippen LogP contribution in [0.5, 0.6) is 0 Å². The number of nitrogens with one attached hydrogen (secondary N) is 2. The highest BCUT2D eigenvalue weighted by Crippen LogP contribution is 1.98. The first-order chi connectivity index (χ1) is 8.58. The van der Waals surface area contributed by atoms with E-state index in [1.165, 1.54) is 0 Å². The maximum absolute atomic E-state index is 11.4. The molecular formula is C12H14N2O4. The number of benzene rings is 1. The van der Waals surface area contributed by atoms with E-state index in [4.69, 9.17) is 5.11 Å². The van der Waals surface area contributed by atoms with E-state index in [0.29, 0.717) is 0 Å². The second-order valence-corrected chi connectivity index (χ2v) is 3.61. The highest BCUT2D eigenvalue weighted by molar-refractivity contribution is 5.87. The molecule has 0 bridgehead atoms. The number of carboxylic acids is 1. The molecule has 0 fully saturated rings. The second kappa shape index (κ2) is 7.05. The van der Waals surface area contributed by atoms with Gasteiger partial charge in [-0.15, -0.1) is 0 Å². The monoisotopic (exact) mass is 250 g/mol. The summed E-state index contributed by atoms with van der Waals surface area (Å²) >= 11 is 0. The van der Waals surface area contributed by atoms with E-state index in [1.807, 2.05) is 30.3 Å². The third-order valence-electron chi connectivity index (χ3n) is 2.09. The molecule has 0 aliphatic carbocycles. The number of rotatable bonds is 6. The number of aliphatic carboxylic acids is 1. The molecule has 0 saturated carbocycles. The second-order valence-electron chi connectivity index (χ2n) is 3.61. The lowest BCUT2D eigenvalue weighted by molar-refractivity contribution is -0.137. The zero-order valence-electron chi connectivity index (χ0n) is 9.68. The van der Waals surface area contributed by atoms with Crippen molar-refractivity contribution in [1.29, 1.82) is 0 Å². The van der Waals surface area contributed by atoms with Gasteiger partial charge in [0.1, 0.15) is 6.54 Å². The fourth-order valence-corrected chi connectivity index (χ4v) is 1.26. The van der Waals surface area contributed by atoms with Crippen molar-refractivity contribution in [3.63, 3.8) is 0 Å². The predicted molar refractivity (Wildman–Crippen MR) is 63.8 cm³/mol. The summed E-state index contributed by atoms with van der Waals surface area (Å²) in [4.78, 5) is 32.7. The van der Waals surface area contributed by atoms with Crippen LogP contribution in [0.2, 0.25) is 0 Å². The van der Waals surface area contributed by atoms with Crippen molar-refractivity contribution in [3.05, 3.63) is 35.9 Å². The minimum Gasteiger partial charge on any atom is -0.480 e. The maximum atomic E-state index is 11.4. The Labute approximate surface area is 104 Å². The van der Waals surface area contributed by atoms with Gasteiger partial charge in [-0.05, 0) is 5.56 Å². The average Bonchev–Trinajstić information content (AvgIpc) is 2.35. The predicted octanol–water partition coefficient (Wildman–Crippen LogP) is -0.454. The zero-order valence-corrected chi connectivity index (χ0v) is 9.68. The topological polar surface area (TPSA) is 95.5 Å². The fraction of sp³-hybridized carbons (Fsp3) is 0.250. The molecule has 0 aliphatic rings. The molecule has 0 heterocycles. The Bertz CT molecular complexity index is 431. The van der Waals surface area contributed by atoms with Gasteiger partial charge in [-0.25, -0.2) is 0 Å². The Balaban J connectivity index is 2.25. The van der Waals surface area contributed by atoms with E-state index in [1.54, 1.807) is 0 Å². The van der Waals surface area contributed by atoms with Crippen LogP contribution in [0.3, 0.4) is 0 Å². The quantitative estimate of drug-likeness (QED) is 0.637. The van der Waals surface area contributed by atoms with Crippen molar-refractivity contribution in [2.45, 2.75) is 6.42 Å². The van der Waals surface area contributed by atoms with E-state index in [0.717, 1.165) is 5.56 Å². The SMILES string of the molecule is O=C(O)CNC(=O)CNC(=O)Cc1ccccc1. The third kappa shape index (κ3) is 5.64. The number of amides is 2. The number of hydrogen-bond donors (Lipinski definition) is 3. The molecule has 0 spiro atoms.